The molecule has 0 N–H and O–H groups in total. The lowest BCUT2D eigenvalue weighted by molar-refractivity contribution is 0.157. The monoisotopic (exact) mass is 297 g/mol. The Bertz CT molecular complexity index is 602. The normalized spacial score (nSPS) is 19.5. The summed E-state index contributed by atoms with van der Waals surface area (Å²) in [5.41, 5.74) is 2.95. The molecule has 0 saturated carbocycles. The summed E-state index contributed by atoms with van der Waals surface area (Å²) in [4.78, 5) is 7.04. The van der Waals surface area contributed by atoms with Gasteiger partial charge in [0.05, 0.1) is 6.54 Å². The van der Waals surface area contributed by atoms with Gasteiger partial charge < -0.3 is 4.57 Å². The van der Waals surface area contributed by atoms with Gasteiger partial charge in [-0.1, -0.05) is 24.3 Å². The van der Waals surface area contributed by atoms with Crippen molar-refractivity contribution in [2.75, 3.05) is 13.1 Å². The fourth-order valence-corrected chi connectivity index (χ4v) is 3.53. The minimum absolute atomic E-state index is 0.827. The number of hydrogen-bond donors (Lipinski definition) is 0. The summed E-state index contributed by atoms with van der Waals surface area (Å²) in [6, 6.07) is 8.80. The minimum atomic E-state index is 0.827. The Morgan fingerprint density at radius 1 is 1.27 bits per heavy atom. The zero-order valence-corrected chi connectivity index (χ0v) is 13.8. The quantitative estimate of drug-likeness (QED) is 0.841. The lowest BCUT2D eigenvalue weighted by Gasteiger charge is -2.32. The summed E-state index contributed by atoms with van der Waals surface area (Å²) < 4.78 is 2.14. The predicted molar refractivity (Wildman–Crippen MR) is 90.7 cm³/mol. The molecule has 0 amide bonds. The van der Waals surface area contributed by atoms with Crippen LogP contribution in [-0.4, -0.2) is 27.5 Å². The van der Waals surface area contributed by atoms with E-state index in [1.54, 1.807) is 0 Å². The molecule has 3 nitrogen and oxygen atoms in total. The molecule has 1 atom stereocenters. The maximum Gasteiger partial charge on any atom is 0.122 e. The number of benzene rings is 1. The summed E-state index contributed by atoms with van der Waals surface area (Å²) in [6.45, 7) is 5.65. The molecule has 22 heavy (non-hydrogen) atoms. The average Bonchev–Trinajstić information content (AvgIpc) is 2.92. The third-order valence-corrected chi connectivity index (χ3v) is 4.97. The van der Waals surface area contributed by atoms with Crippen LogP contribution in [0.25, 0.3) is 0 Å². The highest BCUT2D eigenvalue weighted by Gasteiger charge is 2.20. The van der Waals surface area contributed by atoms with Crippen molar-refractivity contribution in [1.82, 2.24) is 14.5 Å². The van der Waals surface area contributed by atoms with Crippen LogP contribution in [0.5, 0.6) is 0 Å². The van der Waals surface area contributed by atoms with Crippen LogP contribution >= 0.6 is 0 Å². The van der Waals surface area contributed by atoms with Crippen molar-refractivity contribution in [2.45, 2.75) is 39.2 Å². The Kier molecular flexibility index (Phi) is 4.94. The van der Waals surface area contributed by atoms with Gasteiger partial charge in [0.15, 0.2) is 0 Å². The number of likely N-dealkylation sites (tertiary alicyclic amines) is 1. The molecule has 2 aromatic rings. The lowest BCUT2D eigenvalue weighted by atomic mass is 9.90. The summed E-state index contributed by atoms with van der Waals surface area (Å²) in [5, 5.41) is 0. The van der Waals surface area contributed by atoms with Crippen molar-refractivity contribution >= 4 is 0 Å². The van der Waals surface area contributed by atoms with Gasteiger partial charge in [-0.25, -0.2) is 4.98 Å². The van der Waals surface area contributed by atoms with Gasteiger partial charge >= 0.3 is 0 Å². The highest BCUT2D eigenvalue weighted by molar-refractivity contribution is 5.25. The smallest absolute Gasteiger partial charge is 0.122 e. The first-order valence-electron chi connectivity index (χ1n) is 8.45. The van der Waals surface area contributed by atoms with Crippen LogP contribution in [0.15, 0.2) is 36.7 Å². The molecule has 1 fully saturated rings. The average molecular weight is 297 g/mol. The van der Waals surface area contributed by atoms with Crippen LogP contribution < -0.4 is 0 Å². The highest BCUT2D eigenvalue weighted by Crippen LogP contribution is 2.23. The summed E-state index contributed by atoms with van der Waals surface area (Å²) in [7, 11) is 2.09. The Balaban J connectivity index is 1.52. The van der Waals surface area contributed by atoms with E-state index < -0.39 is 0 Å². The second kappa shape index (κ2) is 7.10. The molecule has 3 heteroatoms. The number of nitrogens with zero attached hydrogens (tertiary/aromatic N) is 3. The third kappa shape index (κ3) is 3.77. The van der Waals surface area contributed by atoms with E-state index in [0.717, 1.165) is 12.5 Å². The molecular formula is C19H27N3. The second-order valence-electron chi connectivity index (χ2n) is 6.66. The van der Waals surface area contributed by atoms with Crippen LogP contribution in [0.4, 0.5) is 0 Å². The number of aromatic nitrogens is 2. The van der Waals surface area contributed by atoms with E-state index in [1.165, 1.54) is 55.7 Å². The van der Waals surface area contributed by atoms with E-state index in [1.807, 2.05) is 12.4 Å². The number of imidazole rings is 1. The molecule has 1 aromatic carbocycles. The first kappa shape index (κ1) is 15.3. The second-order valence-corrected chi connectivity index (χ2v) is 6.66. The topological polar surface area (TPSA) is 21.1 Å². The number of piperidine rings is 1. The van der Waals surface area contributed by atoms with Crippen LogP contribution in [0.2, 0.25) is 0 Å². The number of hydrogen-bond acceptors (Lipinski definition) is 2. The standard InChI is InChI=1S/C19H27N3/c1-16-6-3-4-8-18(16)10-9-17-7-5-12-22(14-17)15-19-20-11-13-21(19)2/h3-4,6,8,11,13,17H,5,7,9-10,12,14-15H2,1-2H3. The van der Waals surface area contributed by atoms with Crippen molar-refractivity contribution in [3.63, 3.8) is 0 Å². The summed E-state index contributed by atoms with van der Waals surface area (Å²) >= 11 is 0. The van der Waals surface area contributed by atoms with Crippen LogP contribution in [0.1, 0.15) is 36.2 Å². The maximum atomic E-state index is 4.46. The van der Waals surface area contributed by atoms with E-state index in [4.69, 9.17) is 0 Å². The van der Waals surface area contributed by atoms with Gasteiger partial charge in [-0.05, 0) is 56.2 Å². The third-order valence-electron chi connectivity index (χ3n) is 4.97. The van der Waals surface area contributed by atoms with E-state index in [-0.39, 0.29) is 0 Å². The van der Waals surface area contributed by atoms with Crippen molar-refractivity contribution in [2.24, 2.45) is 13.0 Å². The molecule has 2 heterocycles. The fraction of sp³-hybridized carbons (Fsp3) is 0.526. The van der Waals surface area contributed by atoms with Gasteiger partial charge in [0.1, 0.15) is 5.82 Å². The molecule has 3 rings (SSSR count). The molecule has 0 aliphatic carbocycles. The first-order chi connectivity index (χ1) is 10.7. The molecule has 1 aliphatic rings. The summed E-state index contributed by atoms with van der Waals surface area (Å²) in [5.74, 6) is 2.01. The molecule has 0 spiro atoms. The largest absolute Gasteiger partial charge is 0.337 e. The zero-order chi connectivity index (χ0) is 15.4. The van der Waals surface area contributed by atoms with Crippen molar-refractivity contribution in [3.05, 3.63) is 53.6 Å². The van der Waals surface area contributed by atoms with E-state index in [9.17, 15) is 0 Å². The van der Waals surface area contributed by atoms with Gasteiger partial charge in [0, 0.05) is 26.0 Å². The van der Waals surface area contributed by atoms with E-state index >= 15 is 0 Å². The Labute approximate surface area is 134 Å². The molecule has 1 aromatic heterocycles. The van der Waals surface area contributed by atoms with E-state index in [2.05, 4.69) is 52.7 Å². The molecule has 1 unspecified atom stereocenters. The predicted octanol–water partition coefficient (Wildman–Crippen LogP) is 3.57. The van der Waals surface area contributed by atoms with E-state index in [0.29, 0.717) is 0 Å². The van der Waals surface area contributed by atoms with Crippen molar-refractivity contribution in [3.8, 4) is 0 Å². The van der Waals surface area contributed by atoms with Gasteiger partial charge in [0.25, 0.3) is 0 Å². The Hall–Kier alpha value is -1.61. The minimum Gasteiger partial charge on any atom is -0.337 e. The molecule has 0 bridgehead atoms. The summed E-state index contributed by atoms with van der Waals surface area (Å²) in [6.07, 6.45) is 9.16. The number of rotatable bonds is 5. The molecule has 0 radical (unpaired) electrons. The molecule has 1 saturated heterocycles. The SMILES string of the molecule is Cc1ccccc1CCC1CCCN(Cc2nccn2C)C1. The molecular weight excluding hydrogens is 270 g/mol. The Morgan fingerprint density at radius 2 is 2.14 bits per heavy atom. The Morgan fingerprint density at radius 3 is 2.91 bits per heavy atom. The van der Waals surface area contributed by atoms with Gasteiger partial charge in [-0.2, -0.15) is 0 Å². The highest BCUT2D eigenvalue weighted by atomic mass is 15.2. The van der Waals surface area contributed by atoms with Crippen LogP contribution in [0.3, 0.4) is 0 Å². The lowest BCUT2D eigenvalue weighted by Crippen LogP contribution is -2.35. The van der Waals surface area contributed by atoms with Crippen LogP contribution in [0, 0.1) is 12.8 Å². The van der Waals surface area contributed by atoms with Crippen molar-refractivity contribution < 1.29 is 0 Å². The molecule has 118 valence electrons. The molecule has 1 aliphatic heterocycles. The van der Waals surface area contributed by atoms with Gasteiger partial charge in [-0.15, -0.1) is 0 Å². The first-order valence-corrected chi connectivity index (χ1v) is 8.45. The zero-order valence-electron chi connectivity index (χ0n) is 13.8. The fourth-order valence-electron chi connectivity index (χ4n) is 3.53. The van der Waals surface area contributed by atoms with Crippen molar-refractivity contribution in [1.29, 1.82) is 0 Å². The number of aryl methyl sites for hydroxylation is 3. The van der Waals surface area contributed by atoms with Gasteiger partial charge in [-0.3, -0.25) is 4.90 Å². The van der Waals surface area contributed by atoms with Gasteiger partial charge in [0.2, 0.25) is 0 Å². The maximum absolute atomic E-state index is 4.46. The van der Waals surface area contributed by atoms with Crippen LogP contribution in [-0.2, 0) is 20.0 Å².